The molecule has 0 spiro atoms. The van der Waals surface area contributed by atoms with Crippen molar-refractivity contribution in [3.63, 3.8) is 0 Å². The third-order valence-electron chi connectivity index (χ3n) is 3.17. The number of nitrogens with one attached hydrogen (secondary N) is 3. The molecule has 0 unspecified atom stereocenters. The molecular formula is C20H29N3O4. The lowest BCUT2D eigenvalue weighted by molar-refractivity contribution is -0.116. The monoisotopic (exact) mass is 375 g/mol. The fourth-order valence-electron chi connectivity index (χ4n) is 1.98. The van der Waals surface area contributed by atoms with Gasteiger partial charge in [0.25, 0.3) is 0 Å². The number of hydrogen-bond acceptors (Lipinski definition) is 4. The van der Waals surface area contributed by atoms with Gasteiger partial charge in [0.2, 0.25) is 11.8 Å². The number of allylic oxidation sites excluding steroid dienone is 1. The van der Waals surface area contributed by atoms with Crippen LogP contribution in [0.2, 0.25) is 0 Å². The number of alkyl carbamates (subject to hydrolysis) is 1. The summed E-state index contributed by atoms with van der Waals surface area (Å²) in [4.78, 5) is 35.5. The molecule has 1 aromatic carbocycles. The third kappa shape index (κ3) is 10.0. The number of carbonyl (C=O) groups is 3. The summed E-state index contributed by atoms with van der Waals surface area (Å²) >= 11 is 0. The topological polar surface area (TPSA) is 96.5 Å². The Balaban J connectivity index is 2.57. The molecule has 1 aromatic rings. The number of hydrogen-bond donors (Lipinski definition) is 3. The normalized spacial score (nSPS) is 11.3. The van der Waals surface area contributed by atoms with Gasteiger partial charge in [-0.15, -0.1) is 0 Å². The quantitative estimate of drug-likeness (QED) is 0.638. The lowest BCUT2D eigenvalue weighted by Crippen LogP contribution is -2.37. The van der Waals surface area contributed by atoms with Gasteiger partial charge in [0.1, 0.15) is 12.1 Å². The first-order valence-corrected chi connectivity index (χ1v) is 8.87. The Labute approximate surface area is 160 Å². The zero-order chi connectivity index (χ0) is 20.4. The number of para-hydroxylation sites is 1. The fraction of sp³-hybridized carbons (Fsp3) is 0.450. The van der Waals surface area contributed by atoms with Crippen molar-refractivity contribution in [1.82, 2.24) is 10.6 Å². The first kappa shape index (κ1) is 22.2. The van der Waals surface area contributed by atoms with Crippen molar-refractivity contribution in [3.05, 3.63) is 42.0 Å². The molecule has 0 bridgehead atoms. The molecule has 7 heteroatoms. The molecule has 7 nitrogen and oxygen atoms in total. The van der Waals surface area contributed by atoms with Gasteiger partial charge >= 0.3 is 6.09 Å². The van der Waals surface area contributed by atoms with E-state index in [1.807, 2.05) is 32.1 Å². The third-order valence-corrected chi connectivity index (χ3v) is 3.17. The highest BCUT2D eigenvalue weighted by Gasteiger charge is 2.16. The van der Waals surface area contributed by atoms with Crippen molar-refractivity contribution >= 4 is 23.6 Å². The Hall–Kier alpha value is -2.83. The second kappa shape index (κ2) is 10.4. The first-order valence-electron chi connectivity index (χ1n) is 8.87. The van der Waals surface area contributed by atoms with E-state index in [9.17, 15) is 14.4 Å². The average molecular weight is 375 g/mol. The van der Waals surface area contributed by atoms with E-state index in [0.29, 0.717) is 11.6 Å². The number of carbonyl (C=O) groups excluding carboxylic acids is 3. The van der Waals surface area contributed by atoms with Crippen LogP contribution < -0.4 is 16.0 Å². The van der Waals surface area contributed by atoms with Gasteiger partial charge in [0.15, 0.2) is 0 Å². The van der Waals surface area contributed by atoms with Crippen LogP contribution in [0.4, 0.5) is 10.5 Å². The second-order valence-corrected chi connectivity index (χ2v) is 7.38. The van der Waals surface area contributed by atoms with Crippen LogP contribution in [-0.4, -0.2) is 30.1 Å². The summed E-state index contributed by atoms with van der Waals surface area (Å²) < 4.78 is 5.08. The highest BCUT2D eigenvalue weighted by atomic mass is 16.6. The Morgan fingerprint density at radius 1 is 1.11 bits per heavy atom. The number of benzene rings is 1. The van der Waals surface area contributed by atoms with Gasteiger partial charge in [-0.2, -0.15) is 0 Å². The van der Waals surface area contributed by atoms with E-state index in [1.54, 1.807) is 32.9 Å². The molecule has 3 N–H and O–H groups in total. The largest absolute Gasteiger partial charge is 0.444 e. The van der Waals surface area contributed by atoms with Crippen LogP contribution in [0.3, 0.4) is 0 Å². The molecule has 0 aliphatic rings. The van der Waals surface area contributed by atoms with Crippen LogP contribution in [0.25, 0.3) is 0 Å². The van der Waals surface area contributed by atoms with Crippen LogP contribution in [-0.2, 0) is 20.9 Å². The van der Waals surface area contributed by atoms with E-state index in [2.05, 4.69) is 16.0 Å². The highest BCUT2D eigenvalue weighted by Crippen LogP contribution is 2.14. The summed E-state index contributed by atoms with van der Waals surface area (Å²) in [7, 11) is 0. The molecule has 0 radical (unpaired) electrons. The minimum Gasteiger partial charge on any atom is -0.444 e. The molecule has 27 heavy (non-hydrogen) atoms. The summed E-state index contributed by atoms with van der Waals surface area (Å²) in [6.45, 7) is 9.26. The van der Waals surface area contributed by atoms with Crippen LogP contribution in [0, 0.1) is 5.92 Å². The van der Waals surface area contributed by atoms with Crippen LogP contribution in [0.15, 0.2) is 36.4 Å². The number of amides is 3. The lowest BCUT2D eigenvalue weighted by Gasteiger charge is -2.19. The Morgan fingerprint density at radius 2 is 1.78 bits per heavy atom. The maximum absolute atomic E-state index is 12.1. The minimum atomic E-state index is -0.657. The van der Waals surface area contributed by atoms with E-state index >= 15 is 0 Å². The zero-order valence-corrected chi connectivity index (χ0v) is 16.6. The molecule has 0 atom stereocenters. The molecule has 0 aliphatic carbocycles. The second-order valence-electron chi connectivity index (χ2n) is 7.38. The van der Waals surface area contributed by atoms with Crippen molar-refractivity contribution in [2.24, 2.45) is 5.92 Å². The summed E-state index contributed by atoms with van der Waals surface area (Å²) in [6, 6.07) is 7.14. The molecule has 0 saturated carbocycles. The molecule has 0 aliphatic heterocycles. The first-order chi connectivity index (χ1) is 12.6. The maximum atomic E-state index is 12.1. The molecule has 0 fully saturated rings. The van der Waals surface area contributed by atoms with Gasteiger partial charge in [-0.1, -0.05) is 38.1 Å². The number of anilines is 1. The molecule has 1 rings (SSSR count). The van der Waals surface area contributed by atoms with Gasteiger partial charge in [-0.05, 0) is 44.4 Å². The summed E-state index contributed by atoms with van der Waals surface area (Å²) in [5.74, 6) is -0.296. The summed E-state index contributed by atoms with van der Waals surface area (Å²) in [5.41, 5.74) is 0.700. The average Bonchev–Trinajstić information content (AvgIpc) is 2.56. The van der Waals surface area contributed by atoms with E-state index in [1.165, 1.54) is 6.08 Å². The van der Waals surface area contributed by atoms with Crippen molar-refractivity contribution in [1.29, 1.82) is 0 Å². The van der Waals surface area contributed by atoms with Crippen molar-refractivity contribution in [2.75, 3.05) is 11.9 Å². The van der Waals surface area contributed by atoms with Crippen LogP contribution in [0.1, 0.15) is 40.2 Å². The Morgan fingerprint density at radius 3 is 2.41 bits per heavy atom. The molecule has 0 aromatic heterocycles. The van der Waals surface area contributed by atoms with Crippen LogP contribution in [0.5, 0.6) is 0 Å². The van der Waals surface area contributed by atoms with Crippen molar-refractivity contribution < 1.29 is 19.1 Å². The standard InChI is InChI=1S/C20H29N3O4/c1-14(2)10-11-17(24)21-12-15-8-6-7-9-16(15)23-18(25)13-22-19(26)27-20(3,4)5/h6-11,14H,12-13H2,1-5H3,(H,21,24)(H,22,26)(H,23,25)/b11-10+. The SMILES string of the molecule is CC(C)/C=C/C(=O)NCc1ccccc1NC(=O)CNC(=O)OC(C)(C)C. The molecular weight excluding hydrogens is 346 g/mol. The van der Waals surface area contributed by atoms with Gasteiger partial charge in [-0.25, -0.2) is 4.79 Å². The molecule has 0 heterocycles. The Kier molecular flexibility index (Phi) is 8.51. The zero-order valence-electron chi connectivity index (χ0n) is 16.6. The summed E-state index contributed by atoms with van der Waals surface area (Å²) in [6.07, 6.45) is 2.65. The van der Waals surface area contributed by atoms with Gasteiger partial charge in [0.05, 0.1) is 0 Å². The van der Waals surface area contributed by atoms with Crippen molar-refractivity contribution in [2.45, 2.75) is 46.8 Å². The Bertz CT molecular complexity index is 691. The minimum absolute atomic E-state index is 0.198. The molecule has 148 valence electrons. The van der Waals surface area contributed by atoms with E-state index in [4.69, 9.17) is 4.74 Å². The fourth-order valence-corrected chi connectivity index (χ4v) is 1.98. The van der Waals surface area contributed by atoms with Gasteiger partial charge in [0, 0.05) is 12.2 Å². The highest BCUT2D eigenvalue weighted by molar-refractivity contribution is 5.94. The predicted octanol–water partition coefficient (Wildman–Crippen LogP) is 2.98. The molecule has 0 saturated heterocycles. The van der Waals surface area contributed by atoms with E-state index in [-0.39, 0.29) is 24.9 Å². The van der Waals surface area contributed by atoms with E-state index in [0.717, 1.165) is 5.56 Å². The number of ether oxygens (including phenoxy) is 1. The maximum Gasteiger partial charge on any atom is 0.408 e. The van der Waals surface area contributed by atoms with Crippen molar-refractivity contribution in [3.8, 4) is 0 Å². The summed E-state index contributed by atoms with van der Waals surface area (Å²) in [5, 5.41) is 7.91. The smallest absolute Gasteiger partial charge is 0.408 e. The molecule has 3 amide bonds. The van der Waals surface area contributed by atoms with Gasteiger partial charge in [-0.3, -0.25) is 9.59 Å². The van der Waals surface area contributed by atoms with Crippen LogP contribution >= 0.6 is 0 Å². The van der Waals surface area contributed by atoms with Gasteiger partial charge < -0.3 is 20.7 Å². The predicted molar refractivity (Wildman–Crippen MR) is 105 cm³/mol. The van der Waals surface area contributed by atoms with E-state index < -0.39 is 11.7 Å². The lowest BCUT2D eigenvalue weighted by atomic mass is 10.1. The number of rotatable bonds is 7.